The number of carbonyl (C=O) groups is 2. The summed E-state index contributed by atoms with van der Waals surface area (Å²) in [4.78, 5) is 22.0. The molecule has 0 amide bonds. The van der Waals surface area contributed by atoms with Gasteiger partial charge in [-0.05, 0) is 24.1 Å². The van der Waals surface area contributed by atoms with Crippen molar-refractivity contribution in [3.8, 4) is 0 Å². The second-order valence-electron chi connectivity index (χ2n) is 4.12. The van der Waals surface area contributed by atoms with Gasteiger partial charge < -0.3 is 20.1 Å². The zero-order valence-electron chi connectivity index (χ0n) is 10.7. The van der Waals surface area contributed by atoms with E-state index in [2.05, 4.69) is 4.74 Å². The van der Waals surface area contributed by atoms with Gasteiger partial charge >= 0.3 is 11.9 Å². The molecule has 0 aliphatic heterocycles. The molecule has 2 atom stereocenters. The predicted octanol–water partition coefficient (Wildman–Crippen LogP) is 0.651. The SMILES string of the molecule is COC(=O)CC(O)C(O)c1cccc(C(=O)O)c1C. The smallest absolute Gasteiger partial charge is 0.335 e. The van der Waals surface area contributed by atoms with Gasteiger partial charge in [-0.25, -0.2) is 4.79 Å². The third-order valence-corrected chi connectivity index (χ3v) is 2.89. The summed E-state index contributed by atoms with van der Waals surface area (Å²) in [6.07, 6.45) is -3.07. The maximum absolute atomic E-state index is 11.0. The van der Waals surface area contributed by atoms with Gasteiger partial charge in [0.1, 0.15) is 6.10 Å². The van der Waals surface area contributed by atoms with Crippen molar-refractivity contribution in [1.82, 2.24) is 0 Å². The summed E-state index contributed by atoms with van der Waals surface area (Å²) < 4.78 is 4.39. The zero-order chi connectivity index (χ0) is 14.6. The van der Waals surface area contributed by atoms with E-state index in [0.717, 1.165) is 0 Å². The third kappa shape index (κ3) is 3.52. The minimum atomic E-state index is -1.35. The van der Waals surface area contributed by atoms with Crippen LogP contribution in [0.2, 0.25) is 0 Å². The van der Waals surface area contributed by atoms with Crippen LogP contribution in [0.4, 0.5) is 0 Å². The molecule has 0 aromatic heterocycles. The van der Waals surface area contributed by atoms with Crippen LogP contribution in [-0.4, -0.2) is 40.5 Å². The fourth-order valence-corrected chi connectivity index (χ4v) is 1.78. The molecule has 1 aromatic rings. The Balaban J connectivity index is 2.99. The van der Waals surface area contributed by atoms with Crippen LogP contribution in [0.5, 0.6) is 0 Å². The summed E-state index contributed by atoms with van der Waals surface area (Å²) >= 11 is 0. The molecule has 0 aliphatic rings. The second kappa shape index (κ2) is 6.31. The average molecular weight is 268 g/mol. The lowest BCUT2D eigenvalue weighted by atomic mass is 9.94. The van der Waals surface area contributed by atoms with Gasteiger partial charge in [-0.2, -0.15) is 0 Å². The van der Waals surface area contributed by atoms with Crippen molar-refractivity contribution in [3.63, 3.8) is 0 Å². The molecule has 0 saturated heterocycles. The first kappa shape index (κ1) is 15.1. The number of esters is 1. The van der Waals surface area contributed by atoms with Crippen LogP contribution in [0.3, 0.4) is 0 Å². The van der Waals surface area contributed by atoms with Crippen molar-refractivity contribution in [3.05, 3.63) is 34.9 Å². The largest absolute Gasteiger partial charge is 0.478 e. The summed E-state index contributed by atoms with van der Waals surface area (Å²) in [6, 6.07) is 4.38. The lowest BCUT2D eigenvalue weighted by Crippen LogP contribution is -2.23. The van der Waals surface area contributed by atoms with Gasteiger partial charge in [0.15, 0.2) is 0 Å². The number of carboxylic acid groups (broad SMARTS) is 1. The maximum atomic E-state index is 11.0. The number of rotatable bonds is 5. The maximum Gasteiger partial charge on any atom is 0.335 e. The quantitative estimate of drug-likeness (QED) is 0.677. The highest BCUT2D eigenvalue weighted by molar-refractivity contribution is 5.89. The van der Waals surface area contributed by atoms with E-state index < -0.39 is 24.1 Å². The third-order valence-electron chi connectivity index (χ3n) is 2.89. The molecular weight excluding hydrogens is 252 g/mol. The van der Waals surface area contributed by atoms with Gasteiger partial charge in [-0.15, -0.1) is 0 Å². The van der Waals surface area contributed by atoms with E-state index >= 15 is 0 Å². The van der Waals surface area contributed by atoms with Crippen LogP contribution < -0.4 is 0 Å². The van der Waals surface area contributed by atoms with E-state index in [0.29, 0.717) is 5.56 Å². The molecule has 0 heterocycles. The molecule has 19 heavy (non-hydrogen) atoms. The number of ether oxygens (including phenoxy) is 1. The van der Waals surface area contributed by atoms with Crippen molar-refractivity contribution in [1.29, 1.82) is 0 Å². The normalized spacial score (nSPS) is 13.7. The molecule has 0 bridgehead atoms. The molecular formula is C13H16O6. The Kier molecular flexibility index (Phi) is 5.02. The number of aromatic carboxylic acids is 1. The lowest BCUT2D eigenvalue weighted by Gasteiger charge is -2.19. The number of hydrogen-bond donors (Lipinski definition) is 3. The van der Waals surface area contributed by atoms with Crippen LogP contribution in [-0.2, 0) is 9.53 Å². The lowest BCUT2D eigenvalue weighted by molar-refractivity contribution is -0.144. The van der Waals surface area contributed by atoms with Crippen molar-refractivity contribution in [2.75, 3.05) is 7.11 Å². The van der Waals surface area contributed by atoms with Crippen LogP contribution in [0.1, 0.15) is 34.0 Å². The molecule has 104 valence electrons. The van der Waals surface area contributed by atoms with E-state index in [1.54, 1.807) is 0 Å². The number of benzene rings is 1. The highest BCUT2D eigenvalue weighted by Gasteiger charge is 2.24. The first-order valence-electron chi connectivity index (χ1n) is 5.64. The summed E-state index contributed by atoms with van der Waals surface area (Å²) in [5.74, 6) is -1.77. The number of methoxy groups -OCH3 is 1. The number of aliphatic hydroxyl groups is 2. The summed E-state index contributed by atoms with van der Waals surface area (Å²) in [5.41, 5.74) is 0.671. The highest BCUT2D eigenvalue weighted by atomic mass is 16.5. The Morgan fingerprint density at radius 1 is 1.32 bits per heavy atom. The summed E-state index contributed by atoms with van der Waals surface area (Å²) in [7, 11) is 1.18. The molecule has 0 saturated carbocycles. The van der Waals surface area contributed by atoms with Gasteiger partial charge in [-0.3, -0.25) is 4.79 Å². The van der Waals surface area contributed by atoms with Gasteiger partial charge in [-0.1, -0.05) is 12.1 Å². The van der Waals surface area contributed by atoms with Crippen molar-refractivity contribution < 1.29 is 29.6 Å². The highest BCUT2D eigenvalue weighted by Crippen LogP contribution is 2.25. The Hall–Kier alpha value is -1.92. The molecule has 3 N–H and O–H groups in total. The standard InChI is InChI=1S/C13H16O6/c1-7-8(4-3-5-9(7)13(17)18)12(16)10(14)6-11(15)19-2/h3-5,10,12,14,16H,6H2,1-2H3,(H,17,18). The molecule has 0 fully saturated rings. The molecule has 0 spiro atoms. The first-order chi connectivity index (χ1) is 8.88. The molecule has 6 nitrogen and oxygen atoms in total. The molecule has 1 aromatic carbocycles. The summed E-state index contributed by atoms with van der Waals surface area (Å²) in [5, 5.41) is 28.7. The average Bonchev–Trinajstić information content (AvgIpc) is 2.37. The van der Waals surface area contributed by atoms with E-state index in [4.69, 9.17) is 5.11 Å². The Labute approximate surface area is 110 Å². The number of carboxylic acids is 1. The zero-order valence-corrected chi connectivity index (χ0v) is 10.7. The Morgan fingerprint density at radius 2 is 1.95 bits per heavy atom. The van der Waals surface area contributed by atoms with E-state index in [-0.39, 0.29) is 17.5 Å². The topological polar surface area (TPSA) is 104 Å². The van der Waals surface area contributed by atoms with Crippen LogP contribution in [0.15, 0.2) is 18.2 Å². The molecule has 0 aliphatic carbocycles. The Bertz CT molecular complexity index is 482. The van der Waals surface area contributed by atoms with Gasteiger partial charge in [0.25, 0.3) is 0 Å². The van der Waals surface area contributed by atoms with Crippen molar-refractivity contribution in [2.45, 2.75) is 25.6 Å². The van der Waals surface area contributed by atoms with Crippen LogP contribution in [0, 0.1) is 6.92 Å². The first-order valence-corrected chi connectivity index (χ1v) is 5.64. The molecule has 0 radical (unpaired) electrons. The van der Waals surface area contributed by atoms with Gasteiger partial charge in [0.05, 0.1) is 25.2 Å². The predicted molar refractivity (Wildman–Crippen MR) is 65.7 cm³/mol. The monoisotopic (exact) mass is 268 g/mol. The fourth-order valence-electron chi connectivity index (χ4n) is 1.78. The van der Waals surface area contributed by atoms with E-state index in [9.17, 15) is 19.8 Å². The van der Waals surface area contributed by atoms with Crippen molar-refractivity contribution in [2.24, 2.45) is 0 Å². The van der Waals surface area contributed by atoms with Crippen molar-refractivity contribution >= 4 is 11.9 Å². The Morgan fingerprint density at radius 3 is 2.47 bits per heavy atom. The minimum absolute atomic E-state index is 0.0434. The van der Waals surface area contributed by atoms with Crippen LogP contribution in [0.25, 0.3) is 0 Å². The number of aliphatic hydroxyl groups excluding tert-OH is 2. The minimum Gasteiger partial charge on any atom is -0.478 e. The van der Waals surface area contributed by atoms with Gasteiger partial charge in [0, 0.05) is 0 Å². The summed E-state index contributed by atoms with van der Waals surface area (Å²) in [6.45, 7) is 1.53. The van der Waals surface area contributed by atoms with E-state index in [1.807, 2.05) is 0 Å². The fraction of sp³-hybridized carbons (Fsp3) is 0.385. The molecule has 1 rings (SSSR count). The number of carbonyl (C=O) groups excluding carboxylic acids is 1. The molecule has 2 unspecified atom stereocenters. The van der Waals surface area contributed by atoms with Crippen LogP contribution >= 0.6 is 0 Å². The van der Waals surface area contributed by atoms with E-state index in [1.165, 1.54) is 32.2 Å². The molecule has 6 heteroatoms. The second-order valence-corrected chi connectivity index (χ2v) is 4.12. The number of hydrogen-bond acceptors (Lipinski definition) is 5. The van der Waals surface area contributed by atoms with Gasteiger partial charge in [0.2, 0.25) is 0 Å².